The second-order valence-electron chi connectivity index (χ2n) is 9.69. The number of anilines is 1. The van der Waals surface area contributed by atoms with Crippen LogP contribution in [0.1, 0.15) is 52.2 Å². The van der Waals surface area contributed by atoms with Crippen molar-refractivity contribution in [2.45, 2.75) is 34.1 Å². The SMILES string of the molecule is COc1ccc(Cl)cc1C(=O)NCC(C)(C)CC(=O)Nc1c(C)n(C)n(C(=O)c2cccc(C)c2)c1=O. The third kappa shape index (κ3) is 6.29. The van der Waals surface area contributed by atoms with Gasteiger partial charge < -0.3 is 15.4 Å². The highest BCUT2D eigenvalue weighted by atomic mass is 35.5. The van der Waals surface area contributed by atoms with Gasteiger partial charge in [0.15, 0.2) is 0 Å². The van der Waals surface area contributed by atoms with Crippen molar-refractivity contribution >= 4 is 35.0 Å². The van der Waals surface area contributed by atoms with Crippen molar-refractivity contribution in [1.29, 1.82) is 0 Å². The molecule has 0 atom stereocenters. The minimum absolute atomic E-state index is 0.0135. The summed E-state index contributed by atoms with van der Waals surface area (Å²) in [4.78, 5) is 51.7. The second kappa shape index (κ2) is 11.0. The Morgan fingerprint density at radius 3 is 2.43 bits per heavy atom. The van der Waals surface area contributed by atoms with Gasteiger partial charge in [-0.1, -0.05) is 43.1 Å². The number of hydrogen-bond donors (Lipinski definition) is 2. The second-order valence-corrected chi connectivity index (χ2v) is 10.1. The number of nitrogens with one attached hydrogen (secondary N) is 2. The fraction of sp³-hybridized carbons (Fsp3) is 0.333. The van der Waals surface area contributed by atoms with Gasteiger partial charge in [-0.05, 0) is 49.6 Å². The summed E-state index contributed by atoms with van der Waals surface area (Å²) < 4.78 is 7.65. The van der Waals surface area contributed by atoms with Gasteiger partial charge in [0, 0.05) is 30.6 Å². The zero-order valence-corrected chi connectivity index (χ0v) is 22.5. The molecule has 10 heteroatoms. The fourth-order valence-electron chi connectivity index (χ4n) is 3.93. The quantitative estimate of drug-likeness (QED) is 0.462. The number of nitrogens with zero attached hydrogens (tertiary/aromatic N) is 2. The average Bonchev–Trinajstić information content (AvgIpc) is 3.04. The Morgan fingerprint density at radius 2 is 1.78 bits per heavy atom. The highest BCUT2D eigenvalue weighted by molar-refractivity contribution is 6.31. The van der Waals surface area contributed by atoms with E-state index >= 15 is 0 Å². The number of halogens is 1. The lowest BCUT2D eigenvalue weighted by molar-refractivity contribution is -0.118. The number of amides is 2. The number of hydrogen-bond acceptors (Lipinski definition) is 5. The van der Waals surface area contributed by atoms with Crippen LogP contribution in [0.25, 0.3) is 0 Å². The van der Waals surface area contributed by atoms with Crippen LogP contribution in [-0.2, 0) is 11.8 Å². The van der Waals surface area contributed by atoms with Crippen LogP contribution in [0.15, 0.2) is 47.3 Å². The van der Waals surface area contributed by atoms with Gasteiger partial charge in [0.05, 0.1) is 18.4 Å². The largest absolute Gasteiger partial charge is 0.496 e. The molecular weight excluding hydrogens is 496 g/mol. The first-order valence-corrected chi connectivity index (χ1v) is 12.0. The van der Waals surface area contributed by atoms with E-state index in [1.807, 2.05) is 26.8 Å². The van der Waals surface area contributed by atoms with E-state index in [0.29, 0.717) is 22.0 Å². The molecule has 0 aliphatic heterocycles. The van der Waals surface area contributed by atoms with Gasteiger partial charge >= 0.3 is 0 Å². The molecule has 2 N–H and O–H groups in total. The molecule has 1 aromatic heterocycles. The van der Waals surface area contributed by atoms with E-state index in [9.17, 15) is 19.2 Å². The minimum Gasteiger partial charge on any atom is -0.496 e. The summed E-state index contributed by atoms with van der Waals surface area (Å²) in [5.41, 5.74) is 0.767. The summed E-state index contributed by atoms with van der Waals surface area (Å²) in [6, 6.07) is 11.7. The van der Waals surface area contributed by atoms with Gasteiger partial charge in [-0.2, -0.15) is 4.68 Å². The van der Waals surface area contributed by atoms with Crippen LogP contribution in [0.5, 0.6) is 5.75 Å². The highest BCUT2D eigenvalue weighted by Crippen LogP contribution is 2.24. The van der Waals surface area contributed by atoms with E-state index in [4.69, 9.17) is 16.3 Å². The van der Waals surface area contributed by atoms with Crippen LogP contribution in [-0.4, -0.2) is 40.7 Å². The van der Waals surface area contributed by atoms with Crippen LogP contribution in [0.4, 0.5) is 5.69 Å². The predicted octanol–water partition coefficient (Wildman–Crippen LogP) is 3.94. The lowest BCUT2D eigenvalue weighted by Gasteiger charge is -2.24. The van der Waals surface area contributed by atoms with Crippen molar-refractivity contribution in [2.75, 3.05) is 19.0 Å². The van der Waals surface area contributed by atoms with Crippen LogP contribution in [0, 0.1) is 19.3 Å². The predicted molar refractivity (Wildman–Crippen MR) is 143 cm³/mol. The van der Waals surface area contributed by atoms with Crippen molar-refractivity contribution in [3.8, 4) is 5.75 Å². The van der Waals surface area contributed by atoms with Crippen molar-refractivity contribution < 1.29 is 19.1 Å². The molecule has 0 fully saturated rings. The maximum atomic E-state index is 13.1. The number of carbonyl (C=O) groups is 3. The number of carbonyl (C=O) groups excluding carboxylic acids is 3. The number of ether oxygens (including phenoxy) is 1. The summed E-state index contributed by atoms with van der Waals surface area (Å²) in [5.74, 6) is -0.905. The van der Waals surface area contributed by atoms with E-state index in [2.05, 4.69) is 10.6 Å². The Labute approximate surface area is 220 Å². The Hall–Kier alpha value is -3.85. The molecule has 3 aromatic rings. The smallest absolute Gasteiger partial charge is 0.298 e. The van der Waals surface area contributed by atoms with Crippen molar-refractivity contribution in [2.24, 2.45) is 12.5 Å². The molecule has 0 aliphatic rings. The van der Waals surface area contributed by atoms with Gasteiger partial charge in [-0.3, -0.25) is 23.9 Å². The zero-order valence-electron chi connectivity index (χ0n) is 21.8. The fourth-order valence-corrected chi connectivity index (χ4v) is 4.11. The number of aryl methyl sites for hydroxylation is 1. The molecule has 9 nitrogen and oxygen atoms in total. The van der Waals surface area contributed by atoms with Crippen LogP contribution in [0.2, 0.25) is 5.02 Å². The first-order valence-electron chi connectivity index (χ1n) is 11.7. The lowest BCUT2D eigenvalue weighted by atomic mass is 9.88. The van der Waals surface area contributed by atoms with Gasteiger partial charge in [-0.25, -0.2) is 0 Å². The zero-order chi connectivity index (χ0) is 27.5. The third-order valence-corrected chi connectivity index (χ3v) is 6.28. The monoisotopic (exact) mass is 526 g/mol. The molecule has 0 saturated carbocycles. The topological polar surface area (TPSA) is 111 Å². The number of methoxy groups -OCH3 is 1. The molecule has 2 aromatic carbocycles. The molecular formula is C27H31ClN4O5. The summed E-state index contributed by atoms with van der Waals surface area (Å²) in [6.07, 6.45) is 0.0135. The van der Waals surface area contributed by atoms with Crippen LogP contribution >= 0.6 is 11.6 Å². The van der Waals surface area contributed by atoms with Gasteiger partial charge in [0.2, 0.25) is 5.91 Å². The minimum atomic E-state index is -0.648. The molecule has 2 amide bonds. The van der Waals surface area contributed by atoms with Gasteiger partial charge in [0.25, 0.3) is 17.4 Å². The summed E-state index contributed by atoms with van der Waals surface area (Å²) in [6.45, 7) is 7.33. The van der Waals surface area contributed by atoms with Crippen LogP contribution < -0.4 is 20.9 Å². The van der Waals surface area contributed by atoms with Crippen molar-refractivity contribution in [3.05, 3.63) is 80.2 Å². The lowest BCUT2D eigenvalue weighted by Crippen LogP contribution is -2.37. The first kappa shape index (κ1) is 27.7. The van der Waals surface area contributed by atoms with Gasteiger partial charge in [-0.15, -0.1) is 0 Å². The molecule has 196 valence electrons. The van der Waals surface area contributed by atoms with E-state index < -0.39 is 22.8 Å². The Balaban J connectivity index is 1.71. The summed E-state index contributed by atoms with van der Waals surface area (Å²) >= 11 is 6.01. The van der Waals surface area contributed by atoms with Crippen molar-refractivity contribution in [3.63, 3.8) is 0 Å². The molecule has 1 heterocycles. The van der Waals surface area contributed by atoms with E-state index in [-0.39, 0.29) is 30.1 Å². The molecule has 3 rings (SSSR count). The number of benzene rings is 2. The summed E-state index contributed by atoms with van der Waals surface area (Å²) in [7, 11) is 3.05. The Bertz CT molecular complexity index is 1420. The van der Waals surface area contributed by atoms with Crippen LogP contribution in [0.3, 0.4) is 0 Å². The Morgan fingerprint density at radius 1 is 1.08 bits per heavy atom. The van der Waals surface area contributed by atoms with E-state index in [1.165, 1.54) is 17.9 Å². The maximum Gasteiger partial charge on any atom is 0.298 e. The maximum absolute atomic E-state index is 13.1. The average molecular weight is 527 g/mol. The molecule has 0 spiro atoms. The van der Waals surface area contributed by atoms with E-state index in [1.54, 1.807) is 44.3 Å². The molecule has 0 unspecified atom stereocenters. The first-order chi connectivity index (χ1) is 17.3. The standard InChI is InChI=1S/C27H31ClN4O5/c1-16-8-7-9-18(12-16)25(35)32-26(36)23(17(2)31(32)5)30-22(33)14-27(3,4)15-29-24(34)20-13-19(28)10-11-21(20)37-6/h7-13H,14-15H2,1-6H3,(H,29,34)(H,30,33). The summed E-state index contributed by atoms with van der Waals surface area (Å²) in [5, 5.41) is 5.87. The molecule has 0 aliphatic carbocycles. The van der Waals surface area contributed by atoms with Gasteiger partial charge in [0.1, 0.15) is 11.4 Å². The number of aromatic nitrogens is 2. The van der Waals surface area contributed by atoms with Crippen molar-refractivity contribution in [1.82, 2.24) is 14.7 Å². The molecule has 0 radical (unpaired) electrons. The molecule has 0 saturated heterocycles. The third-order valence-electron chi connectivity index (χ3n) is 6.05. The van der Waals surface area contributed by atoms with E-state index in [0.717, 1.165) is 10.2 Å². The molecule has 0 bridgehead atoms. The molecule has 37 heavy (non-hydrogen) atoms. The normalized spacial score (nSPS) is 11.2. The highest BCUT2D eigenvalue weighted by Gasteiger charge is 2.27. The number of rotatable bonds is 8. The Kier molecular flexibility index (Phi) is 8.28.